The van der Waals surface area contributed by atoms with Crippen LogP contribution in [0.4, 0.5) is 0 Å². The largest absolute Gasteiger partial charge is 0.478 e. The number of hydrogen-bond acceptors (Lipinski definition) is 2. The maximum atomic E-state index is 11.3. The number of thioether (sulfide) groups is 1. The van der Waals surface area contributed by atoms with Crippen LogP contribution in [0.5, 0.6) is 0 Å². The molecule has 0 fully saturated rings. The highest BCUT2D eigenvalue weighted by Gasteiger charge is 2.09. The van der Waals surface area contributed by atoms with Gasteiger partial charge in [0, 0.05) is 21.2 Å². The minimum atomic E-state index is -0.923. The van der Waals surface area contributed by atoms with Crippen LogP contribution in [0.2, 0.25) is 5.02 Å². The van der Waals surface area contributed by atoms with E-state index in [1.807, 2.05) is 42.5 Å². The average Bonchev–Trinajstić information content (AvgIpc) is 2.46. The lowest BCUT2D eigenvalue weighted by atomic mass is 10.1. The molecule has 102 valence electrons. The monoisotopic (exact) mass is 304 g/mol. The summed E-state index contributed by atoms with van der Waals surface area (Å²) in [6.45, 7) is 0. The zero-order chi connectivity index (χ0) is 14.4. The summed E-state index contributed by atoms with van der Waals surface area (Å²) in [5, 5.41) is 9.83. The molecule has 0 amide bonds. The Hall–Kier alpha value is -1.71. The van der Waals surface area contributed by atoms with E-state index in [0.29, 0.717) is 16.3 Å². The van der Waals surface area contributed by atoms with Crippen LogP contribution in [0.15, 0.2) is 65.1 Å². The maximum absolute atomic E-state index is 11.3. The van der Waals surface area contributed by atoms with E-state index in [1.54, 1.807) is 18.2 Å². The molecule has 0 atom stereocenters. The molecule has 0 bridgehead atoms. The second-order valence-corrected chi connectivity index (χ2v) is 5.55. The normalized spacial score (nSPS) is 11.3. The molecule has 2 nitrogen and oxygen atoms in total. The van der Waals surface area contributed by atoms with Gasteiger partial charge in [0.05, 0.1) is 0 Å². The third-order valence-electron chi connectivity index (χ3n) is 2.65. The molecule has 2 aromatic rings. The number of benzene rings is 2. The van der Waals surface area contributed by atoms with Crippen molar-refractivity contribution in [3.05, 3.63) is 70.8 Å². The molecule has 0 spiro atoms. The predicted molar refractivity (Wildman–Crippen MR) is 84.2 cm³/mol. The molecule has 2 rings (SSSR count). The Morgan fingerprint density at radius 1 is 1.10 bits per heavy atom. The quantitative estimate of drug-likeness (QED) is 0.648. The summed E-state index contributed by atoms with van der Waals surface area (Å²) in [5.41, 5.74) is 1.05. The number of rotatable bonds is 5. The first-order valence-corrected chi connectivity index (χ1v) is 7.39. The standard InChI is InChI=1S/C16H13ClO2S/c17-15-9-5-4-6-12(15)10-13(16(18)19)11-20-14-7-2-1-3-8-14/h1-10H,11H2,(H,18,19)/b13-10+. The molecule has 4 heteroatoms. The van der Waals surface area contributed by atoms with Crippen LogP contribution in [-0.4, -0.2) is 16.8 Å². The van der Waals surface area contributed by atoms with E-state index in [4.69, 9.17) is 11.6 Å². The van der Waals surface area contributed by atoms with Gasteiger partial charge in [0.2, 0.25) is 0 Å². The third kappa shape index (κ3) is 4.15. The molecular weight excluding hydrogens is 292 g/mol. The average molecular weight is 305 g/mol. The fraction of sp³-hybridized carbons (Fsp3) is 0.0625. The van der Waals surface area contributed by atoms with Gasteiger partial charge in [-0.3, -0.25) is 0 Å². The van der Waals surface area contributed by atoms with E-state index >= 15 is 0 Å². The summed E-state index contributed by atoms with van der Waals surface area (Å²) < 4.78 is 0. The molecule has 0 aliphatic heterocycles. The Balaban J connectivity index is 2.16. The first-order chi connectivity index (χ1) is 9.66. The summed E-state index contributed by atoms with van der Waals surface area (Å²) >= 11 is 7.54. The smallest absolute Gasteiger partial charge is 0.332 e. The number of carbonyl (C=O) groups is 1. The molecule has 0 heterocycles. The van der Waals surface area contributed by atoms with Crippen molar-refractivity contribution in [1.29, 1.82) is 0 Å². The van der Waals surface area contributed by atoms with Gasteiger partial charge in [-0.05, 0) is 29.8 Å². The van der Waals surface area contributed by atoms with Crippen molar-refractivity contribution < 1.29 is 9.90 Å². The van der Waals surface area contributed by atoms with E-state index in [2.05, 4.69) is 0 Å². The minimum Gasteiger partial charge on any atom is -0.478 e. The Labute approximate surface area is 127 Å². The van der Waals surface area contributed by atoms with Gasteiger partial charge in [-0.25, -0.2) is 4.79 Å². The first kappa shape index (κ1) is 14.7. The maximum Gasteiger partial charge on any atom is 0.332 e. The van der Waals surface area contributed by atoms with Crippen LogP contribution in [0.25, 0.3) is 6.08 Å². The highest BCUT2D eigenvalue weighted by molar-refractivity contribution is 7.99. The first-order valence-electron chi connectivity index (χ1n) is 6.03. The molecule has 0 unspecified atom stereocenters. The van der Waals surface area contributed by atoms with Crippen LogP contribution in [0, 0.1) is 0 Å². The summed E-state index contributed by atoms with van der Waals surface area (Å²) in [7, 11) is 0. The van der Waals surface area contributed by atoms with Crippen molar-refractivity contribution in [2.24, 2.45) is 0 Å². The van der Waals surface area contributed by atoms with Crippen molar-refractivity contribution in [3.8, 4) is 0 Å². The van der Waals surface area contributed by atoms with E-state index in [0.717, 1.165) is 10.5 Å². The molecule has 0 radical (unpaired) electrons. The van der Waals surface area contributed by atoms with E-state index in [9.17, 15) is 9.90 Å². The molecular formula is C16H13ClO2S. The third-order valence-corrected chi connectivity index (χ3v) is 4.05. The predicted octanol–water partition coefficient (Wildman–Crippen LogP) is 4.60. The van der Waals surface area contributed by atoms with Gasteiger partial charge in [0.25, 0.3) is 0 Å². The van der Waals surface area contributed by atoms with Crippen molar-refractivity contribution >= 4 is 35.4 Å². The number of hydrogen-bond donors (Lipinski definition) is 1. The van der Waals surface area contributed by atoms with Crippen molar-refractivity contribution in [3.63, 3.8) is 0 Å². The van der Waals surface area contributed by atoms with Crippen LogP contribution < -0.4 is 0 Å². The van der Waals surface area contributed by atoms with Crippen molar-refractivity contribution in [1.82, 2.24) is 0 Å². The van der Waals surface area contributed by atoms with Crippen LogP contribution in [0.3, 0.4) is 0 Å². The number of halogens is 1. The molecule has 0 aromatic heterocycles. The zero-order valence-electron chi connectivity index (χ0n) is 10.6. The molecule has 1 N–H and O–H groups in total. The van der Waals surface area contributed by atoms with Gasteiger partial charge in [0.1, 0.15) is 0 Å². The van der Waals surface area contributed by atoms with Gasteiger partial charge in [0.15, 0.2) is 0 Å². The molecule has 0 aliphatic carbocycles. The van der Waals surface area contributed by atoms with Crippen LogP contribution >= 0.6 is 23.4 Å². The summed E-state index contributed by atoms with van der Waals surface area (Å²) in [6.07, 6.45) is 1.63. The van der Waals surface area contributed by atoms with Gasteiger partial charge >= 0.3 is 5.97 Å². The lowest BCUT2D eigenvalue weighted by Gasteiger charge is -2.04. The molecule has 20 heavy (non-hydrogen) atoms. The van der Waals surface area contributed by atoms with E-state index < -0.39 is 5.97 Å². The van der Waals surface area contributed by atoms with E-state index in [-0.39, 0.29) is 0 Å². The summed E-state index contributed by atoms with van der Waals surface area (Å²) in [5.74, 6) is -0.529. The number of carboxylic acid groups (broad SMARTS) is 1. The van der Waals surface area contributed by atoms with Crippen LogP contribution in [-0.2, 0) is 4.79 Å². The molecule has 0 saturated carbocycles. The lowest BCUT2D eigenvalue weighted by Crippen LogP contribution is -2.03. The Morgan fingerprint density at radius 3 is 2.40 bits per heavy atom. The summed E-state index contributed by atoms with van der Waals surface area (Å²) in [4.78, 5) is 12.4. The number of aliphatic carboxylic acids is 1. The minimum absolute atomic E-state index is 0.326. The second kappa shape index (κ2) is 7.17. The topological polar surface area (TPSA) is 37.3 Å². The zero-order valence-corrected chi connectivity index (χ0v) is 12.2. The van der Waals surface area contributed by atoms with Crippen molar-refractivity contribution in [2.45, 2.75) is 4.90 Å². The molecule has 0 saturated heterocycles. The van der Waals surface area contributed by atoms with Crippen LogP contribution in [0.1, 0.15) is 5.56 Å². The SMILES string of the molecule is O=C(O)/C(=C/c1ccccc1Cl)CSc1ccccc1. The molecule has 2 aromatic carbocycles. The van der Waals surface area contributed by atoms with Crippen molar-refractivity contribution in [2.75, 3.05) is 5.75 Å². The van der Waals surface area contributed by atoms with Gasteiger partial charge in [-0.2, -0.15) is 0 Å². The number of carboxylic acids is 1. The highest BCUT2D eigenvalue weighted by atomic mass is 35.5. The molecule has 0 aliphatic rings. The summed E-state index contributed by atoms with van der Waals surface area (Å²) in [6, 6.07) is 16.9. The highest BCUT2D eigenvalue weighted by Crippen LogP contribution is 2.23. The Bertz CT molecular complexity index is 623. The fourth-order valence-electron chi connectivity index (χ4n) is 1.62. The van der Waals surface area contributed by atoms with Gasteiger partial charge in [-0.15, -0.1) is 11.8 Å². The Morgan fingerprint density at radius 2 is 1.75 bits per heavy atom. The second-order valence-electron chi connectivity index (χ2n) is 4.10. The van der Waals surface area contributed by atoms with Gasteiger partial charge < -0.3 is 5.11 Å². The fourth-order valence-corrected chi connectivity index (χ4v) is 2.69. The lowest BCUT2D eigenvalue weighted by molar-refractivity contribution is -0.132. The Kier molecular flexibility index (Phi) is 5.27. The van der Waals surface area contributed by atoms with E-state index in [1.165, 1.54) is 11.8 Å². The van der Waals surface area contributed by atoms with Gasteiger partial charge in [-0.1, -0.05) is 48.0 Å².